The van der Waals surface area contributed by atoms with E-state index in [2.05, 4.69) is 11.8 Å². The Morgan fingerprint density at radius 2 is 2.27 bits per heavy atom. The van der Waals surface area contributed by atoms with E-state index in [1.807, 2.05) is 6.92 Å². The molecule has 2 rings (SSSR count). The second-order valence-corrected chi connectivity index (χ2v) is 4.25. The Labute approximate surface area is 67.6 Å². The van der Waals surface area contributed by atoms with Gasteiger partial charge in [0, 0.05) is 11.6 Å². The van der Waals surface area contributed by atoms with Crippen LogP contribution in [-0.2, 0) is 0 Å². The van der Waals surface area contributed by atoms with Crippen molar-refractivity contribution in [3.8, 4) is 0 Å². The predicted molar refractivity (Wildman–Crippen MR) is 43.3 cm³/mol. The fraction of sp³-hybridized carbons (Fsp3) is 1.00. The minimum absolute atomic E-state index is 0.169. The molecular weight excluding hydrogens is 141 g/mol. The average molecular weight is 157 g/mol. The first-order valence-corrected chi connectivity index (χ1v) is 4.54. The molecule has 0 N–H and O–H groups in total. The molecule has 0 spiro atoms. The van der Waals surface area contributed by atoms with E-state index in [-0.39, 0.29) is 11.6 Å². The van der Waals surface area contributed by atoms with E-state index < -0.39 is 6.17 Å². The van der Waals surface area contributed by atoms with Gasteiger partial charge in [-0.25, -0.2) is 4.39 Å². The highest BCUT2D eigenvalue weighted by molar-refractivity contribution is 5.04. The summed E-state index contributed by atoms with van der Waals surface area (Å²) >= 11 is 0. The molecule has 2 saturated heterocycles. The number of rotatable bonds is 0. The molecule has 2 aliphatic rings. The normalized spacial score (nSPS) is 51.5. The largest absolute Gasteiger partial charge is 0.292 e. The van der Waals surface area contributed by atoms with Gasteiger partial charge in [-0.3, -0.25) is 4.90 Å². The molecule has 0 radical (unpaired) electrons. The SMILES string of the molecule is CC1[C@H](F)C[C@]2(C)CCCN12. The second kappa shape index (κ2) is 2.19. The molecular formula is C9H16FN. The Kier molecular flexibility index (Phi) is 1.50. The topological polar surface area (TPSA) is 3.24 Å². The van der Waals surface area contributed by atoms with Crippen molar-refractivity contribution in [1.29, 1.82) is 0 Å². The highest BCUT2D eigenvalue weighted by atomic mass is 19.1. The van der Waals surface area contributed by atoms with Gasteiger partial charge in [0.1, 0.15) is 6.17 Å². The quantitative estimate of drug-likeness (QED) is 0.519. The molecule has 0 amide bonds. The molecule has 0 saturated carbocycles. The summed E-state index contributed by atoms with van der Waals surface area (Å²) in [5, 5.41) is 0. The molecule has 0 bridgehead atoms. The van der Waals surface area contributed by atoms with Crippen molar-refractivity contribution >= 4 is 0 Å². The Balaban J connectivity index is 2.21. The lowest BCUT2D eigenvalue weighted by molar-refractivity contribution is 0.164. The summed E-state index contributed by atoms with van der Waals surface area (Å²) in [5.41, 5.74) is 0.207. The smallest absolute Gasteiger partial charge is 0.117 e. The molecule has 3 atom stereocenters. The maximum Gasteiger partial charge on any atom is 0.117 e. The average Bonchev–Trinajstić information content (AvgIpc) is 2.36. The standard InChI is InChI=1S/C9H16FN/c1-7-8(10)6-9(2)4-3-5-11(7)9/h7-8H,3-6H2,1-2H3/t7?,8-,9+/m1/s1. The number of fused-ring (bicyclic) bond motifs is 1. The summed E-state index contributed by atoms with van der Waals surface area (Å²) < 4.78 is 13.2. The fourth-order valence-electron chi connectivity index (χ4n) is 2.74. The molecule has 1 unspecified atom stereocenters. The van der Waals surface area contributed by atoms with Crippen molar-refractivity contribution in [2.75, 3.05) is 6.54 Å². The minimum Gasteiger partial charge on any atom is -0.292 e. The van der Waals surface area contributed by atoms with E-state index in [1.54, 1.807) is 0 Å². The van der Waals surface area contributed by atoms with Gasteiger partial charge in [-0.2, -0.15) is 0 Å². The van der Waals surface area contributed by atoms with Crippen molar-refractivity contribution in [2.45, 2.75) is 50.9 Å². The van der Waals surface area contributed by atoms with Crippen LogP contribution in [0.2, 0.25) is 0 Å². The third-order valence-corrected chi connectivity index (χ3v) is 3.46. The van der Waals surface area contributed by atoms with Crippen LogP contribution in [-0.4, -0.2) is 29.2 Å². The van der Waals surface area contributed by atoms with Gasteiger partial charge in [-0.05, 0) is 39.7 Å². The van der Waals surface area contributed by atoms with Gasteiger partial charge < -0.3 is 0 Å². The van der Waals surface area contributed by atoms with Crippen molar-refractivity contribution in [1.82, 2.24) is 4.90 Å². The van der Waals surface area contributed by atoms with Crippen LogP contribution in [0.4, 0.5) is 4.39 Å². The molecule has 64 valence electrons. The monoisotopic (exact) mass is 157 g/mol. The summed E-state index contributed by atoms with van der Waals surface area (Å²) in [6.07, 6.45) is 2.62. The molecule has 2 aliphatic heterocycles. The van der Waals surface area contributed by atoms with Gasteiger partial charge in [-0.1, -0.05) is 0 Å². The molecule has 2 heterocycles. The van der Waals surface area contributed by atoms with Crippen LogP contribution in [0.3, 0.4) is 0 Å². The summed E-state index contributed by atoms with van der Waals surface area (Å²) in [7, 11) is 0. The first-order valence-electron chi connectivity index (χ1n) is 4.54. The van der Waals surface area contributed by atoms with E-state index in [1.165, 1.54) is 12.8 Å². The molecule has 11 heavy (non-hydrogen) atoms. The Hall–Kier alpha value is -0.110. The summed E-state index contributed by atoms with van der Waals surface area (Å²) in [6, 6.07) is 0.169. The number of halogens is 1. The van der Waals surface area contributed by atoms with Crippen molar-refractivity contribution in [3.63, 3.8) is 0 Å². The van der Waals surface area contributed by atoms with Gasteiger partial charge in [0.2, 0.25) is 0 Å². The lowest BCUT2D eigenvalue weighted by Gasteiger charge is -2.29. The van der Waals surface area contributed by atoms with Crippen molar-refractivity contribution in [2.24, 2.45) is 0 Å². The van der Waals surface area contributed by atoms with Crippen LogP contribution in [0.1, 0.15) is 33.1 Å². The van der Waals surface area contributed by atoms with E-state index in [4.69, 9.17) is 0 Å². The van der Waals surface area contributed by atoms with Gasteiger partial charge in [0.25, 0.3) is 0 Å². The van der Waals surface area contributed by atoms with E-state index in [9.17, 15) is 4.39 Å². The zero-order valence-corrected chi connectivity index (χ0v) is 7.31. The summed E-state index contributed by atoms with van der Waals surface area (Å²) in [6.45, 7) is 5.33. The predicted octanol–water partition coefficient (Wildman–Crippen LogP) is 1.97. The maximum absolute atomic E-state index is 13.2. The van der Waals surface area contributed by atoms with Gasteiger partial charge in [-0.15, -0.1) is 0 Å². The summed E-state index contributed by atoms with van der Waals surface area (Å²) in [5.74, 6) is 0. The van der Waals surface area contributed by atoms with E-state index >= 15 is 0 Å². The highest BCUT2D eigenvalue weighted by Crippen LogP contribution is 2.42. The minimum atomic E-state index is -0.583. The molecule has 0 aliphatic carbocycles. The van der Waals surface area contributed by atoms with Gasteiger partial charge in [0.05, 0.1) is 0 Å². The number of hydrogen-bond acceptors (Lipinski definition) is 1. The maximum atomic E-state index is 13.2. The van der Waals surface area contributed by atoms with Crippen LogP contribution < -0.4 is 0 Å². The van der Waals surface area contributed by atoms with Crippen LogP contribution in [0.15, 0.2) is 0 Å². The zero-order valence-electron chi connectivity index (χ0n) is 7.31. The van der Waals surface area contributed by atoms with Crippen LogP contribution in [0.25, 0.3) is 0 Å². The highest BCUT2D eigenvalue weighted by Gasteiger charge is 2.49. The van der Waals surface area contributed by atoms with Gasteiger partial charge >= 0.3 is 0 Å². The Morgan fingerprint density at radius 3 is 2.91 bits per heavy atom. The number of alkyl halides is 1. The van der Waals surface area contributed by atoms with E-state index in [0.717, 1.165) is 13.0 Å². The zero-order chi connectivity index (χ0) is 8.06. The molecule has 0 aromatic carbocycles. The third-order valence-electron chi connectivity index (χ3n) is 3.46. The van der Waals surface area contributed by atoms with Crippen molar-refractivity contribution in [3.05, 3.63) is 0 Å². The lowest BCUT2D eigenvalue weighted by atomic mass is 9.96. The molecule has 0 aromatic heterocycles. The van der Waals surface area contributed by atoms with Gasteiger partial charge in [0.15, 0.2) is 0 Å². The molecule has 0 aromatic rings. The Bertz CT molecular complexity index is 171. The molecule has 2 heteroatoms. The van der Waals surface area contributed by atoms with Crippen LogP contribution >= 0.6 is 0 Å². The number of nitrogens with zero attached hydrogens (tertiary/aromatic N) is 1. The first-order chi connectivity index (χ1) is 5.13. The van der Waals surface area contributed by atoms with Crippen molar-refractivity contribution < 1.29 is 4.39 Å². The fourth-order valence-corrected chi connectivity index (χ4v) is 2.74. The number of hydrogen-bond donors (Lipinski definition) is 0. The van der Waals surface area contributed by atoms with Crippen LogP contribution in [0.5, 0.6) is 0 Å². The second-order valence-electron chi connectivity index (χ2n) is 4.25. The first kappa shape index (κ1) is 7.53. The molecule has 2 fully saturated rings. The lowest BCUT2D eigenvalue weighted by Crippen LogP contribution is -2.38. The van der Waals surface area contributed by atoms with E-state index in [0.29, 0.717) is 0 Å². The third kappa shape index (κ3) is 0.919. The summed E-state index contributed by atoms with van der Waals surface area (Å²) in [4.78, 5) is 2.34. The van der Waals surface area contributed by atoms with Crippen LogP contribution in [0, 0.1) is 0 Å². The Morgan fingerprint density at radius 1 is 1.55 bits per heavy atom. The molecule has 1 nitrogen and oxygen atoms in total.